The Bertz CT molecular complexity index is 1510. The Kier molecular flexibility index (Phi) is 3.99. The van der Waals surface area contributed by atoms with E-state index in [-0.39, 0.29) is 0 Å². The van der Waals surface area contributed by atoms with Gasteiger partial charge >= 0.3 is 0 Å². The van der Waals surface area contributed by atoms with Crippen molar-refractivity contribution in [1.29, 1.82) is 0 Å². The number of aromatic nitrogens is 4. The van der Waals surface area contributed by atoms with E-state index in [4.69, 9.17) is 9.15 Å². The van der Waals surface area contributed by atoms with Gasteiger partial charge in [-0.05, 0) is 48.5 Å². The molecular weight excluding hydrogens is 388 g/mol. The van der Waals surface area contributed by atoms with E-state index >= 15 is 0 Å². The molecule has 6 aromatic rings. The molecule has 0 aliphatic carbocycles. The van der Waals surface area contributed by atoms with Crippen LogP contribution in [0.5, 0.6) is 11.5 Å². The van der Waals surface area contributed by atoms with Crippen LogP contribution in [-0.4, -0.2) is 19.7 Å². The lowest BCUT2D eigenvalue weighted by atomic mass is 10.1. The molecule has 0 bridgehead atoms. The molecule has 0 N–H and O–H groups in total. The Morgan fingerprint density at radius 1 is 0.742 bits per heavy atom. The predicted octanol–water partition coefficient (Wildman–Crippen LogP) is 6.02. The molecule has 0 fully saturated rings. The number of para-hydroxylation sites is 1. The highest BCUT2D eigenvalue weighted by Gasteiger charge is 2.14. The molecule has 148 valence electrons. The van der Waals surface area contributed by atoms with Crippen LogP contribution in [-0.2, 0) is 0 Å². The molecule has 0 radical (unpaired) electrons. The monoisotopic (exact) mass is 404 g/mol. The van der Waals surface area contributed by atoms with Gasteiger partial charge in [0.1, 0.15) is 17.3 Å². The number of ether oxygens (including phenoxy) is 1. The largest absolute Gasteiger partial charge is 0.457 e. The van der Waals surface area contributed by atoms with Crippen molar-refractivity contribution in [1.82, 2.24) is 19.7 Å². The molecule has 0 unspecified atom stereocenters. The molecule has 0 saturated heterocycles. The lowest BCUT2D eigenvalue weighted by Crippen LogP contribution is -1.96. The van der Waals surface area contributed by atoms with E-state index in [1.165, 1.54) is 11.8 Å². The van der Waals surface area contributed by atoms with Gasteiger partial charge in [0.25, 0.3) is 0 Å². The minimum Gasteiger partial charge on any atom is -0.457 e. The zero-order valence-corrected chi connectivity index (χ0v) is 16.3. The fourth-order valence-electron chi connectivity index (χ4n) is 3.87. The van der Waals surface area contributed by atoms with Crippen molar-refractivity contribution < 1.29 is 9.15 Å². The zero-order chi connectivity index (χ0) is 20.6. The first kappa shape index (κ1) is 17.4. The summed E-state index contributed by atoms with van der Waals surface area (Å²) in [7, 11) is 0. The lowest BCUT2D eigenvalue weighted by Gasteiger charge is -2.09. The number of hydrogen-bond acceptors (Lipinski definition) is 5. The van der Waals surface area contributed by atoms with Crippen LogP contribution in [0, 0.1) is 0 Å². The second-order valence-electron chi connectivity index (χ2n) is 7.09. The predicted molar refractivity (Wildman–Crippen MR) is 118 cm³/mol. The summed E-state index contributed by atoms with van der Waals surface area (Å²) in [6, 6.07) is 28.0. The summed E-state index contributed by atoms with van der Waals surface area (Å²) in [6.07, 6.45) is 3.12. The van der Waals surface area contributed by atoms with E-state index in [1.807, 2.05) is 60.7 Å². The molecule has 3 heterocycles. The van der Waals surface area contributed by atoms with E-state index in [9.17, 15) is 0 Å². The summed E-state index contributed by atoms with van der Waals surface area (Å²) in [4.78, 5) is 4.57. The summed E-state index contributed by atoms with van der Waals surface area (Å²) in [5.74, 6) is 2.74. The maximum Gasteiger partial charge on any atom is 0.247 e. The van der Waals surface area contributed by atoms with Gasteiger partial charge < -0.3 is 9.15 Å². The van der Waals surface area contributed by atoms with E-state index in [0.717, 1.165) is 33.6 Å². The van der Waals surface area contributed by atoms with Crippen LogP contribution in [0.1, 0.15) is 0 Å². The highest BCUT2D eigenvalue weighted by molar-refractivity contribution is 6.09. The summed E-state index contributed by atoms with van der Waals surface area (Å²) in [5.41, 5.74) is 2.94. The van der Waals surface area contributed by atoms with Crippen LogP contribution in [0.2, 0.25) is 0 Å². The highest BCUT2D eigenvalue weighted by Crippen LogP contribution is 2.35. The lowest BCUT2D eigenvalue weighted by molar-refractivity contribution is 0.483. The van der Waals surface area contributed by atoms with E-state index in [0.29, 0.717) is 11.6 Å². The average molecular weight is 404 g/mol. The fourth-order valence-corrected chi connectivity index (χ4v) is 3.87. The summed E-state index contributed by atoms with van der Waals surface area (Å²) in [6.45, 7) is 0. The maximum absolute atomic E-state index is 6.19. The molecule has 6 rings (SSSR count). The van der Waals surface area contributed by atoms with Crippen LogP contribution in [0.4, 0.5) is 0 Å². The topological polar surface area (TPSA) is 66.0 Å². The third kappa shape index (κ3) is 3.02. The maximum atomic E-state index is 6.19. The third-order valence-electron chi connectivity index (χ3n) is 5.20. The van der Waals surface area contributed by atoms with Crippen LogP contribution < -0.4 is 4.74 Å². The van der Waals surface area contributed by atoms with E-state index in [1.54, 1.807) is 6.20 Å². The van der Waals surface area contributed by atoms with Crippen molar-refractivity contribution in [2.45, 2.75) is 0 Å². The average Bonchev–Trinajstić information content (AvgIpc) is 3.46. The van der Waals surface area contributed by atoms with Gasteiger partial charge in [0, 0.05) is 28.6 Å². The molecule has 0 spiro atoms. The van der Waals surface area contributed by atoms with Gasteiger partial charge in [0.05, 0.1) is 11.0 Å². The molecule has 0 aliphatic heterocycles. The first-order valence-corrected chi connectivity index (χ1v) is 9.86. The highest BCUT2D eigenvalue weighted by atomic mass is 16.5. The Labute approximate surface area is 177 Å². The zero-order valence-electron chi connectivity index (χ0n) is 16.3. The minimum absolute atomic E-state index is 0.455. The van der Waals surface area contributed by atoms with Gasteiger partial charge in [0.2, 0.25) is 12.3 Å². The van der Waals surface area contributed by atoms with Crippen molar-refractivity contribution in [3.63, 3.8) is 0 Å². The van der Waals surface area contributed by atoms with Gasteiger partial charge in [-0.1, -0.05) is 30.3 Å². The summed E-state index contributed by atoms with van der Waals surface area (Å²) in [5, 5.41) is 10.0. The van der Waals surface area contributed by atoms with E-state index < -0.39 is 0 Å². The Hall–Kier alpha value is -4.45. The second kappa shape index (κ2) is 7.11. The number of fused-ring (bicyclic) bond motifs is 3. The first-order valence-electron chi connectivity index (χ1n) is 9.86. The van der Waals surface area contributed by atoms with Gasteiger partial charge in [-0.15, -0.1) is 10.2 Å². The summed E-state index contributed by atoms with van der Waals surface area (Å²) >= 11 is 0. The molecule has 3 aromatic carbocycles. The Balaban J connectivity index is 1.48. The quantitative estimate of drug-likeness (QED) is 0.359. The molecule has 0 atom stereocenters. The minimum atomic E-state index is 0.455. The van der Waals surface area contributed by atoms with E-state index in [2.05, 4.69) is 44.0 Å². The summed E-state index contributed by atoms with van der Waals surface area (Å²) < 4.78 is 13.6. The van der Waals surface area contributed by atoms with Gasteiger partial charge in [-0.25, -0.2) is 4.98 Å². The van der Waals surface area contributed by atoms with Crippen LogP contribution >= 0.6 is 0 Å². The third-order valence-corrected chi connectivity index (χ3v) is 5.20. The normalized spacial score (nSPS) is 11.2. The SMILES string of the molecule is c1ccc(-n2c3ccccc3c3ccc(Oc4cccc(-c5nnco5)c4)cc32)nc1. The van der Waals surface area contributed by atoms with Gasteiger partial charge in [0.15, 0.2) is 0 Å². The molecule has 0 saturated carbocycles. The number of nitrogens with zero attached hydrogens (tertiary/aromatic N) is 4. The molecule has 0 amide bonds. The standard InChI is InChI=1S/C25H16N4O2/c1-2-9-22-20(8-1)21-12-11-19(15-23(21)29(22)24-10-3-4-13-26-24)31-18-7-5-6-17(14-18)25-28-27-16-30-25/h1-16H. The Morgan fingerprint density at radius 2 is 1.61 bits per heavy atom. The molecule has 31 heavy (non-hydrogen) atoms. The number of rotatable bonds is 4. The molecule has 0 aliphatic rings. The molecule has 6 nitrogen and oxygen atoms in total. The van der Waals surface area contributed by atoms with Crippen molar-refractivity contribution in [2.75, 3.05) is 0 Å². The second-order valence-corrected chi connectivity index (χ2v) is 7.09. The van der Waals surface area contributed by atoms with Crippen LogP contribution in [0.25, 0.3) is 39.1 Å². The van der Waals surface area contributed by atoms with Gasteiger partial charge in [-0.3, -0.25) is 4.57 Å². The van der Waals surface area contributed by atoms with Gasteiger partial charge in [-0.2, -0.15) is 0 Å². The van der Waals surface area contributed by atoms with Crippen LogP contribution in [0.3, 0.4) is 0 Å². The Morgan fingerprint density at radius 3 is 2.48 bits per heavy atom. The van der Waals surface area contributed by atoms with Crippen molar-refractivity contribution in [2.24, 2.45) is 0 Å². The molecule has 3 aromatic heterocycles. The van der Waals surface area contributed by atoms with Crippen LogP contribution in [0.15, 0.2) is 102 Å². The fraction of sp³-hybridized carbons (Fsp3) is 0. The molecular formula is C25H16N4O2. The number of hydrogen-bond donors (Lipinski definition) is 0. The van der Waals surface area contributed by atoms with Crippen molar-refractivity contribution in [3.05, 3.63) is 97.5 Å². The van der Waals surface area contributed by atoms with Crippen molar-refractivity contribution >= 4 is 21.8 Å². The first-order chi connectivity index (χ1) is 15.4. The number of benzene rings is 3. The van der Waals surface area contributed by atoms with Crippen molar-refractivity contribution in [3.8, 4) is 28.8 Å². The number of pyridine rings is 1. The molecule has 6 heteroatoms. The smallest absolute Gasteiger partial charge is 0.247 e.